The third-order valence-electron chi connectivity index (χ3n) is 2.50. The number of ether oxygens (including phenoxy) is 1. The van der Waals surface area contributed by atoms with E-state index >= 15 is 0 Å². The van der Waals surface area contributed by atoms with E-state index < -0.39 is 0 Å². The molecule has 3 N–H and O–H groups in total. The Labute approximate surface area is 111 Å². The Balaban J connectivity index is 1.85. The van der Waals surface area contributed by atoms with Crippen molar-refractivity contribution in [1.29, 1.82) is 5.26 Å². The summed E-state index contributed by atoms with van der Waals surface area (Å²) in [5, 5.41) is 12.0. The van der Waals surface area contributed by atoms with Crippen LogP contribution in [-0.4, -0.2) is 18.1 Å². The van der Waals surface area contributed by atoms with E-state index in [1.165, 1.54) is 0 Å². The van der Waals surface area contributed by atoms with Crippen LogP contribution in [0.15, 0.2) is 42.6 Å². The maximum atomic E-state index is 8.91. The molecule has 0 unspecified atom stereocenters. The van der Waals surface area contributed by atoms with Gasteiger partial charge in [0.1, 0.15) is 24.2 Å². The van der Waals surface area contributed by atoms with Crippen LogP contribution in [0.2, 0.25) is 0 Å². The number of nitrogens with two attached hydrogens (primary N) is 1. The zero-order chi connectivity index (χ0) is 13.5. The first kappa shape index (κ1) is 12.7. The Kier molecular flexibility index (Phi) is 4.19. The second kappa shape index (κ2) is 6.26. The quantitative estimate of drug-likeness (QED) is 0.630. The Morgan fingerprint density at radius 1 is 1.26 bits per heavy atom. The molecule has 1 aromatic heterocycles. The minimum absolute atomic E-state index is 0.440. The van der Waals surface area contributed by atoms with Crippen molar-refractivity contribution in [1.82, 2.24) is 4.98 Å². The number of nitriles is 1. The SMILES string of the molecule is N#Cc1cccnc1NCCOc1ccccc1N. The fourth-order valence-corrected chi connectivity index (χ4v) is 1.58. The van der Waals surface area contributed by atoms with Crippen LogP contribution in [0.5, 0.6) is 5.75 Å². The summed E-state index contributed by atoms with van der Waals surface area (Å²) in [5.74, 6) is 1.22. The van der Waals surface area contributed by atoms with Crippen LogP contribution in [0.1, 0.15) is 5.56 Å². The molecule has 19 heavy (non-hydrogen) atoms. The number of anilines is 2. The number of hydrogen-bond acceptors (Lipinski definition) is 5. The van der Waals surface area contributed by atoms with E-state index in [1.807, 2.05) is 18.2 Å². The molecule has 1 heterocycles. The number of pyridine rings is 1. The molecule has 0 fully saturated rings. The average Bonchev–Trinajstić information content (AvgIpc) is 2.45. The first-order valence-corrected chi connectivity index (χ1v) is 5.87. The first-order valence-electron chi connectivity index (χ1n) is 5.87. The summed E-state index contributed by atoms with van der Waals surface area (Å²) in [6.07, 6.45) is 1.64. The van der Waals surface area contributed by atoms with Crippen LogP contribution >= 0.6 is 0 Å². The molecule has 0 radical (unpaired) electrons. The van der Waals surface area contributed by atoms with Gasteiger partial charge in [-0.1, -0.05) is 12.1 Å². The van der Waals surface area contributed by atoms with Crippen molar-refractivity contribution in [2.24, 2.45) is 0 Å². The van der Waals surface area contributed by atoms with E-state index in [2.05, 4.69) is 16.4 Å². The number of nitrogens with zero attached hydrogens (tertiary/aromatic N) is 2. The molecule has 0 amide bonds. The van der Waals surface area contributed by atoms with Crippen LogP contribution in [0.25, 0.3) is 0 Å². The molecule has 0 saturated carbocycles. The molecular formula is C14H14N4O. The van der Waals surface area contributed by atoms with Crippen molar-refractivity contribution in [3.8, 4) is 11.8 Å². The van der Waals surface area contributed by atoms with E-state index in [-0.39, 0.29) is 0 Å². The lowest BCUT2D eigenvalue weighted by Gasteiger charge is -2.10. The van der Waals surface area contributed by atoms with E-state index in [9.17, 15) is 0 Å². The van der Waals surface area contributed by atoms with Crippen molar-refractivity contribution in [3.63, 3.8) is 0 Å². The molecule has 1 aromatic carbocycles. The predicted molar refractivity (Wildman–Crippen MR) is 73.8 cm³/mol. The lowest BCUT2D eigenvalue weighted by atomic mass is 10.3. The van der Waals surface area contributed by atoms with E-state index in [0.717, 1.165) is 0 Å². The highest BCUT2D eigenvalue weighted by atomic mass is 16.5. The minimum atomic E-state index is 0.440. The van der Waals surface area contributed by atoms with Gasteiger partial charge >= 0.3 is 0 Å². The topological polar surface area (TPSA) is 84.0 Å². The van der Waals surface area contributed by atoms with Gasteiger partial charge in [0.2, 0.25) is 0 Å². The number of rotatable bonds is 5. The van der Waals surface area contributed by atoms with Gasteiger partial charge in [-0.2, -0.15) is 5.26 Å². The summed E-state index contributed by atoms with van der Waals surface area (Å²) in [4.78, 5) is 4.10. The molecule has 0 spiro atoms. The van der Waals surface area contributed by atoms with Gasteiger partial charge in [0.25, 0.3) is 0 Å². The number of aromatic nitrogens is 1. The zero-order valence-corrected chi connectivity index (χ0v) is 10.3. The van der Waals surface area contributed by atoms with Crippen LogP contribution in [0, 0.1) is 11.3 Å². The Morgan fingerprint density at radius 3 is 2.89 bits per heavy atom. The summed E-state index contributed by atoms with van der Waals surface area (Å²) in [6.45, 7) is 0.982. The van der Waals surface area contributed by atoms with Crippen LogP contribution in [0.4, 0.5) is 11.5 Å². The summed E-state index contributed by atoms with van der Waals surface area (Å²) in [7, 11) is 0. The lowest BCUT2D eigenvalue weighted by Crippen LogP contribution is -2.13. The van der Waals surface area contributed by atoms with Crippen molar-refractivity contribution in [2.45, 2.75) is 0 Å². The zero-order valence-electron chi connectivity index (χ0n) is 10.3. The van der Waals surface area contributed by atoms with E-state index in [1.54, 1.807) is 24.4 Å². The molecule has 0 saturated heterocycles. The number of nitrogen functional groups attached to an aromatic ring is 1. The summed E-state index contributed by atoms with van der Waals surface area (Å²) in [6, 6.07) is 12.8. The number of benzene rings is 1. The summed E-state index contributed by atoms with van der Waals surface area (Å²) in [5.41, 5.74) is 6.88. The maximum absolute atomic E-state index is 8.91. The fourth-order valence-electron chi connectivity index (χ4n) is 1.58. The molecule has 0 aliphatic heterocycles. The number of nitrogens with one attached hydrogen (secondary N) is 1. The van der Waals surface area contributed by atoms with Gasteiger partial charge in [-0.25, -0.2) is 4.98 Å². The highest BCUT2D eigenvalue weighted by Gasteiger charge is 2.02. The molecule has 0 atom stereocenters. The standard InChI is InChI=1S/C14H14N4O/c15-10-11-4-3-7-17-14(11)18-8-9-19-13-6-2-1-5-12(13)16/h1-7H,8-9,16H2,(H,17,18). The smallest absolute Gasteiger partial charge is 0.144 e. The number of para-hydroxylation sites is 2. The largest absolute Gasteiger partial charge is 0.490 e. The molecule has 96 valence electrons. The monoisotopic (exact) mass is 254 g/mol. The third-order valence-corrected chi connectivity index (χ3v) is 2.50. The van der Waals surface area contributed by atoms with Gasteiger partial charge < -0.3 is 15.8 Å². The van der Waals surface area contributed by atoms with Gasteiger partial charge in [-0.15, -0.1) is 0 Å². The second-order valence-electron chi connectivity index (χ2n) is 3.82. The third kappa shape index (κ3) is 3.36. The molecule has 2 rings (SSSR count). The number of hydrogen-bond donors (Lipinski definition) is 2. The van der Waals surface area contributed by atoms with Crippen LogP contribution < -0.4 is 15.8 Å². The Morgan fingerprint density at radius 2 is 2.11 bits per heavy atom. The maximum Gasteiger partial charge on any atom is 0.144 e. The van der Waals surface area contributed by atoms with Crippen molar-refractivity contribution >= 4 is 11.5 Å². The van der Waals surface area contributed by atoms with Gasteiger partial charge in [0.15, 0.2) is 0 Å². The Hall–Kier alpha value is -2.74. The fraction of sp³-hybridized carbons (Fsp3) is 0.143. The lowest BCUT2D eigenvalue weighted by molar-refractivity contribution is 0.334. The van der Waals surface area contributed by atoms with Crippen molar-refractivity contribution in [3.05, 3.63) is 48.2 Å². The van der Waals surface area contributed by atoms with Crippen LogP contribution in [0.3, 0.4) is 0 Å². The first-order chi connectivity index (χ1) is 9.31. The van der Waals surface area contributed by atoms with Crippen molar-refractivity contribution < 1.29 is 4.74 Å². The molecule has 0 aliphatic carbocycles. The van der Waals surface area contributed by atoms with Crippen LogP contribution in [-0.2, 0) is 0 Å². The van der Waals surface area contributed by atoms with Gasteiger partial charge in [-0.05, 0) is 24.3 Å². The molecule has 5 nitrogen and oxygen atoms in total. The summed E-state index contributed by atoms with van der Waals surface area (Å²) >= 11 is 0. The summed E-state index contributed by atoms with van der Waals surface area (Å²) < 4.78 is 5.53. The highest BCUT2D eigenvalue weighted by Crippen LogP contribution is 2.19. The molecule has 0 aliphatic rings. The molecular weight excluding hydrogens is 240 g/mol. The van der Waals surface area contributed by atoms with E-state index in [0.29, 0.717) is 36.0 Å². The molecule has 0 bridgehead atoms. The Bertz CT molecular complexity index is 592. The highest BCUT2D eigenvalue weighted by molar-refractivity contribution is 5.52. The van der Waals surface area contributed by atoms with Crippen molar-refractivity contribution in [2.75, 3.05) is 24.2 Å². The van der Waals surface area contributed by atoms with E-state index in [4.69, 9.17) is 15.7 Å². The van der Waals surface area contributed by atoms with Gasteiger partial charge in [0.05, 0.1) is 17.8 Å². The minimum Gasteiger partial charge on any atom is -0.490 e. The normalized spacial score (nSPS) is 9.63. The van der Waals surface area contributed by atoms with Gasteiger partial charge in [0, 0.05) is 6.20 Å². The molecule has 5 heteroatoms. The average molecular weight is 254 g/mol. The second-order valence-corrected chi connectivity index (χ2v) is 3.82. The van der Waals surface area contributed by atoms with Gasteiger partial charge in [-0.3, -0.25) is 0 Å². The molecule has 2 aromatic rings. The predicted octanol–water partition coefficient (Wildman–Crippen LogP) is 2.03.